The van der Waals surface area contributed by atoms with Gasteiger partial charge in [0, 0.05) is 24.8 Å². The van der Waals surface area contributed by atoms with E-state index in [0.29, 0.717) is 16.5 Å². The van der Waals surface area contributed by atoms with E-state index in [0.717, 1.165) is 35.6 Å². The lowest BCUT2D eigenvalue weighted by atomic mass is 10.1. The van der Waals surface area contributed by atoms with Gasteiger partial charge < -0.3 is 9.64 Å². The van der Waals surface area contributed by atoms with E-state index < -0.39 is 5.97 Å². The molecule has 0 spiro atoms. The van der Waals surface area contributed by atoms with Crippen LogP contribution in [0.4, 0.5) is 11.4 Å². The normalized spacial score (nSPS) is 11.9. The molecule has 1 heterocycles. The quantitative estimate of drug-likeness (QED) is 0.159. The highest BCUT2D eigenvalue weighted by Crippen LogP contribution is 2.29. The second kappa shape index (κ2) is 10.4. The first kappa shape index (κ1) is 23.9. The highest BCUT2D eigenvalue weighted by Gasteiger charge is 2.19. The Balaban J connectivity index is 1.82. The van der Waals surface area contributed by atoms with Crippen LogP contribution in [0.2, 0.25) is 0 Å². The second-order valence-electron chi connectivity index (χ2n) is 8.00. The van der Waals surface area contributed by atoms with E-state index in [-0.39, 0.29) is 9.61 Å². The van der Waals surface area contributed by atoms with Crippen molar-refractivity contribution in [3.8, 4) is 0 Å². The topological polar surface area (TPSA) is 64.4 Å². The molecule has 0 aliphatic heterocycles. The van der Waals surface area contributed by atoms with Crippen molar-refractivity contribution in [1.29, 1.82) is 0 Å². The van der Waals surface area contributed by atoms with E-state index >= 15 is 0 Å². The molecule has 0 radical (unpaired) electrons. The van der Waals surface area contributed by atoms with Crippen molar-refractivity contribution >= 4 is 50.8 Å². The van der Waals surface area contributed by atoms with Gasteiger partial charge in [-0.05, 0) is 48.4 Å². The minimum atomic E-state index is -0.390. The molecule has 3 aromatic carbocycles. The van der Waals surface area contributed by atoms with Crippen molar-refractivity contribution in [1.82, 2.24) is 9.55 Å². The molecule has 6 nitrogen and oxygen atoms in total. The summed E-state index contributed by atoms with van der Waals surface area (Å²) in [6, 6.07) is 22.9. The summed E-state index contributed by atoms with van der Waals surface area (Å²) in [4.78, 5) is 32.5. The molecular formula is C27H26IN3O3. The molecule has 0 aliphatic carbocycles. The van der Waals surface area contributed by atoms with E-state index in [4.69, 9.17) is 9.72 Å². The van der Waals surface area contributed by atoms with Gasteiger partial charge in [0.1, 0.15) is 9.87 Å². The van der Waals surface area contributed by atoms with Crippen molar-refractivity contribution in [3.63, 3.8) is 0 Å². The molecule has 4 rings (SSSR count). The van der Waals surface area contributed by atoms with E-state index in [1.165, 1.54) is 7.11 Å². The number of alkyl halides is 1. The lowest BCUT2D eigenvalue weighted by Gasteiger charge is -2.22. The van der Waals surface area contributed by atoms with Crippen molar-refractivity contribution in [2.45, 2.75) is 23.8 Å². The van der Waals surface area contributed by atoms with E-state index in [1.807, 2.05) is 77.2 Å². The Hall–Kier alpha value is -3.20. The first-order valence-electron chi connectivity index (χ1n) is 11.1. The molecule has 0 saturated carbocycles. The summed E-state index contributed by atoms with van der Waals surface area (Å²) in [5, 5.41) is 0.561. The zero-order chi connectivity index (χ0) is 24.2. The number of benzene rings is 3. The summed E-state index contributed by atoms with van der Waals surface area (Å²) >= 11 is 2.31. The molecule has 0 amide bonds. The van der Waals surface area contributed by atoms with Crippen molar-refractivity contribution in [2.24, 2.45) is 0 Å². The summed E-state index contributed by atoms with van der Waals surface area (Å²) < 4.78 is 6.49. The van der Waals surface area contributed by atoms with Crippen LogP contribution in [0.25, 0.3) is 10.9 Å². The van der Waals surface area contributed by atoms with Gasteiger partial charge in [0.05, 0.1) is 23.6 Å². The largest absolute Gasteiger partial charge is 0.465 e. The number of carbonyl (C=O) groups is 1. The van der Waals surface area contributed by atoms with Crippen LogP contribution in [0.3, 0.4) is 0 Å². The average molecular weight is 567 g/mol. The monoisotopic (exact) mass is 567 g/mol. The number of aromatic nitrogens is 2. The van der Waals surface area contributed by atoms with E-state index in [9.17, 15) is 9.59 Å². The Morgan fingerprint density at radius 1 is 1.06 bits per heavy atom. The summed E-state index contributed by atoms with van der Waals surface area (Å²) in [5.74, 6) is 0.397. The number of hydrogen-bond acceptors (Lipinski definition) is 5. The first-order valence-corrected chi connectivity index (χ1v) is 12.4. The SMILES string of the molecule is CCCc1nc2ccc(N(C)c3cccc(C(=O)OC)c3)cc2c(=O)n1C(I)c1ccccc1. The third-order valence-electron chi connectivity index (χ3n) is 5.77. The number of fused-ring (bicyclic) bond motifs is 1. The molecular weight excluding hydrogens is 541 g/mol. The second-order valence-corrected chi connectivity index (χ2v) is 9.18. The van der Waals surface area contributed by atoms with Gasteiger partial charge in [0.15, 0.2) is 0 Å². The summed E-state index contributed by atoms with van der Waals surface area (Å²) in [6.07, 6.45) is 1.62. The lowest BCUT2D eigenvalue weighted by molar-refractivity contribution is 0.0601. The Kier molecular flexibility index (Phi) is 7.31. The molecule has 174 valence electrons. The number of rotatable bonds is 7. The molecule has 1 aromatic heterocycles. The fourth-order valence-electron chi connectivity index (χ4n) is 3.94. The predicted molar refractivity (Wildman–Crippen MR) is 144 cm³/mol. The van der Waals surface area contributed by atoms with Crippen LogP contribution < -0.4 is 10.5 Å². The number of halogens is 1. The minimum absolute atomic E-state index is 0.0599. The van der Waals surface area contributed by atoms with Crippen molar-refractivity contribution < 1.29 is 9.53 Å². The van der Waals surface area contributed by atoms with Crippen LogP contribution in [0.5, 0.6) is 0 Å². The highest BCUT2D eigenvalue weighted by atomic mass is 127. The summed E-state index contributed by atoms with van der Waals surface area (Å²) in [5.41, 5.74) is 3.78. The van der Waals surface area contributed by atoms with Gasteiger partial charge in [-0.15, -0.1) is 0 Å². The molecule has 0 fully saturated rings. The number of aryl methyl sites for hydroxylation is 1. The number of anilines is 2. The smallest absolute Gasteiger partial charge is 0.337 e. The standard InChI is InChI=1S/C27H26IN3O3/c1-4-9-24-29-23-15-14-21(30(2)20-13-8-12-19(16-20)27(33)34-3)17-22(23)26(32)31(24)25(28)18-10-6-5-7-11-18/h5-8,10-17,25H,4,9H2,1-3H3. The van der Waals surface area contributed by atoms with E-state index in [1.54, 1.807) is 12.1 Å². The Bertz CT molecular complexity index is 1390. The molecule has 0 saturated heterocycles. The van der Waals surface area contributed by atoms with Crippen LogP contribution in [-0.2, 0) is 11.2 Å². The molecule has 1 unspecified atom stereocenters. The number of hydrogen-bond donors (Lipinski definition) is 0. The number of esters is 1. The highest BCUT2D eigenvalue weighted by molar-refractivity contribution is 14.1. The fraction of sp³-hybridized carbons (Fsp3) is 0.222. The third kappa shape index (κ3) is 4.70. The van der Waals surface area contributed by atoms with Crippen LogP contribution in [-0.4, -0.2) is 29.7 Å². The number of methoxy groups -OCH3 is 1. The molecule has 1 atom stereocenters. The molecule has 4 aromatic rings. The first-order chi connectivity index (χ1) is 16.4. The summed E-state index contributed by atoms with van der Waals surface area (Å²) in [7, 11) is 3.27. The Labute approximate surface area is 212 Å². The maximum absolute atomic E-state index is 13.8. The minimum Gasteiger partial charge on any atom is -0.465 e. The number of ether oxygens (including phenoxy) is 1. The van der Waals surface area contributed by atoms with Crippen LogP contribution in [0.1, 0.15) is 39.1 Å². The van der Waals surface area contributed by atoms with Crippen LogP contribution in [0.15, 0.2) is 77.6 Å². The Morgan fingerprint density at radius 3 is 2.50 bits per heavy atom. The summed E-state index contributed by atoms with van der Waals surface area (Å²) in [6.45, 7) is 2.09. The van der Waals surface area contributed by atoms with Gasteiger partial charge >= 0.3 is 5.97 Å². The van der Waals surface area contributed by atoms with Crippen LogP contribution >= 0.6 is 22.6 Å². The Morgan fingerprint density at radius 2 is 1.79 bits per heavy atom. The molecule has 0 bridgehead atoms. The zero-order valence-electron chi connectivity index (χ0n) is 19.4. The molecule has 0 N–H and O–H groups in total. The van der Waals surface area contributed by atoms with Gasteiger partial charge in [-0.3, -0.25) is 9.36 Å². The zero-order valence-corrected chi connectivity index (χ0v) is 21.5. The van der Waals surface area contributed by atoms with Gasteiger partial charge in [0.25, 0.3) is 5.56 Å². The number of carbonyl (C=O) groups excluding carboxylic acids is 1. The average Bonchev–Trinajstić information content (AvgIpc) is 2.88. The van der Waals surface area contributed by atoms with Gasteiger partial charge in [-0.2, -0.15) is 0 Å². The van der Waals surface area contributed by atoms with Crippen molar-refractivity contribution in [2.75, 3.05) is 19.1 Å². The lowest BCUT2D eigenvalue weighted by Crippen LogP contribution is -2.27. The van der Waals surface area contributed by atoms with Gasteiger partial charge in [-0.1, -0.05) is 65.9 Å². The fourth-order valence-corrected chi connectivity index (χ4v) is 4.93. The van der Waals surface area contributed by atoms with Crippen molar-refractivity contribution in [3.05, 3.63) is 100 Å². The van der Waals surface area contributed by atoms with Crippen LogP contribution in [0, 0.1) is 0 Å². The maximum Gasteiger partial charge on any atom is 0.337 e. The molecule has 0 aliphatic rings. The van der Waals surface area contributed by atoms with E-state index in [2.05, 4.69) is 29.5 Å². The third-order valence-corrected chi connectivity index (χ3v) is 7.05. The van der Waals surface area contributed by atoms with Gasteiger partial charge in [0.2, 0.25) is 0 Å². The number of nitrogens with zero attached hydrogens (tertiary/aromatic N) is 3. The molecule has 34 heavy (non-hydrogen) atoms. The predicted octanol–water partition coefficient (Wildman–Crippen LogP) is 5.89. The van der Waals surface area contributed by atoms with Gasteiger partial charge in [-0.25, -0.2) is 9.78 Å². The molecule has 7 heteroatoms. The maximum atomic E-state index is 13.8.